The topological polar surface area (TPSA) is 47.7 Å². The van der Waals surface area contributed by atoms with E-state index in [-0.39, 0.29) is 0 Å². The SMILES string of the molecule is COc1ccc(-c2nc(CN(C)[C@@H](C)c3cccs3)c(C)o2)c(OC)c1C. The highest BCUT2D eigenvalue weighted by Gasteiger charge is 2.21. The van der Waals surface area contributed by atoms with E-state index in [1.54, 1.807) is 25.6 Å². The molecule has 0 fully saturated rings. The first-order chi connectivity index (χ1) is 13.0. The molecule has 0 radical (unpaired) electrons. The minimum Gasteiger partial charge on any atom is -0.496 e. The number of hydrogen-bond donors (Lipinski definition) is 0. The van der Waals surface area contributed by atoms with Gasteiger partial charge in [0.25, 0.3) is 0 Å². The fourth-order valence-electron chi connectivity index (χ4n) is 3.14. The van der Waals surface area contributed by atoms with Gasteiger partial charge in [-0.2, -0.15) is 0 Å². The number of hydrogen-bond acceptors (Lipinski definition) is 6. The Labute approximate surface area is 164 Å². The van der Waals surface area contributed by atoms with Crippen LogP contribution < -0.4 is 9.47 Å². The average molecular weight is 387 g/mol. The van der Waals surface area contributed by atoms with Crippen LogP contribution in [-0.4, -0.2) is 31.2 Å². The molecule has 144 valence electrons. The van der Waals surface area contributed by atoms with Gasteiger partial charge in [0, 0.05) is 23.0 Å². The Morgan fingerprint density at radius 3 is 2.59 bits per heavy atom. The summed E-state index contributed by atoms with van der Waals surface area (Å²) in [5.41, 5.74) is 2.70. The molecule has 0 aliphatic heterocycles. The van der Waals surface area contributed by atoms with Crippen molar-refractivity contribution < 1.29 is 13.9 Å². The van der Waals surface area contributed by atoms with Crippen molar-refractivity contribution in [2.45, 2.75) is 33.4 Å². The number of nitrogens with zero attached hydrogens (tertiary/aromatic N) is 2. The lowest BCUT2D eigenvalue weighted by Crippen LogP contribution is -2.21. The molecular weight excluding hydrogens is 360 g/mol. The Hall–Kier alpha value is -2.31. The highest BCUT2D eigenvalue weighted by molar-refractivity contribution is 7.10. The second kappa shape index (κ2) is 8.15. The van der Waals surface area contributed by atoms with E-state index in [2.05, 4.69) is 36.4 Å². The first kappa shape index (κ1) is 19.5. The van der Waals surface area contributed by atoms with Gasteiger partial charge in [0.05, 0.1) is 25.5 Å². The Kier molecular flexibility index (Phi) is 5.87. The number of oxazole rings is 1. The van der Waals surface area contributed by atoms with Crippen LogP contribution in [0, 0.1) is 13.8 Å². The molecule has 27 heavy (non-hydrogen) atoms. The summed E-state index contributed by atoms with van der Waals surface area (Å²) >= 11 is 1.77. The first-order valence-corrected chi connectivity index (χ1v) is 9.76. The molecule has 2 heterocycles. The number of aryl methyl sites for hydroxylation is 1. The molecule has 3 rings (SSSR count). The van der Waals surface area contributed by atoms with Crippen LogP contribution in [0.3, 0.4) is 0 Å². The van der Waals surface area contributed by atoms with Crippen molar-refractivity contribution in [3.8, 4) is 23.0 Å². The molecule has 0 saturated carbocycles. The highest BCUT2D eigenvalue weighted by atomic mass is 32.1. The predicted molar refractivity (Wildman–Crippen MR) is 109 cm³/mol. The third kappa shape index (κ3) is 3.87. The quantitative estimate of drug-likeness (QED) is 0.556. The fourth-order valence-corrected chi connectivity index (χ4v) is 3.98. The van der Waals surface area contributed by atoms with Crippen LogP contribution in [0.4, 0.5) is 0 Å². The van der Waals surface area contributed by atoms with E-state index < -0.39 is 0 Å². The number of ether oxygens (including phenoxy) is 2. The molecule has 0 unspecified atom stereocenters. The van der Waals surface area contributed by atoms with Crippen molar-refractivity contribution in [2.24, 2.45) is 0 Å². The zero-order valence-electron chi connectivity index (χ0n) is 16.7. The van der Waals surface area contributed by atoms with Crippen LogP contribution in [0.2, 0.25) is 0 Å². The van der Waals surface area contributed by atoms with E-state index in [9.17, 15) is 0 Å². The molecule has 0 aliphatic rings. The van der Waals surface area contributed by atoms with E-state index in [0.717, 1.165) is 34.1 Å². The van der Waals surface area contributed by atoms with Gasteiger partial charge >= 0.3 is 0 Å². The lowest BCUT2D eigenvalue weighted by atomic mass is 10.1. The molecule has 5 nitrogen and oxygen atoms in total. The lowest BCUT2D eigenvalue weighted by Gasteiger charge is -2.22. The molecule has 0 aliphatic carbocycles. The zero-order chi connectivity index (χ0) is 19.6. The minimum atomic E-state index is 0.322. The molecule has 6 heteroatoms. The number of rotatable bonds is 7. The first-order valence-electron chi connectivity index (χ1n) is 8.88. The van der Waals surface area contributed by atoms with Crippen molar-refractivity contribution in [2.75, 3.05) is 21.3 Å². The van der Waals surface area contributed by atoms with Gasteiger partial charge in [0.2, 0.25) is 5.89 Å². The van der Waals surface area contributed by atoms with Crippen LogP contribution in [0.15, 0.2) is 34.1 Å². The highest BCUT2D eigenvalue weighted by Crippen LogP contribution is 2.38. The van der Waals surface area contributed by atoms with Crippen molar-refractivity contribution in [3.05, 3.63) is 51.5 Å². The minimum absolute atomic E-state index is 0.322. The maximum Gasteiger partial charge on any atom is 0.230 e. The summed E-state index contributed by atoms with van der Waals surface area (Å²) in [6.45, 7) is 6.84. The second-order valence-electron chi connectivity index (χ2n) is 6.60. The fraction of sp³-hybridized carbons (Fsp3) is 0.381. The van der Waals surface area contributed by atoms with Crippen LogP contribution in [-0.2, 0) is 6.54 Å². The van der Waals surface area contributed by atoms with Gasteiger partial charge in [-0.05, 0) is 51.4 Å². The van der Waals surface area contributed by atoms with Gasteiger partial charge in [-0.25, -0.2) is 4.98 Å². The third-order valence-corrected chi connectivity index (χ3v) is 5.96. The standard InChI is InChI=1S/C21H26N2O3S/c1-13-18(24-5)10-9-16(20(13)25-6)21-22-17(15(3)26-21)12-23(4)14(2)19-8-7-11-27-19/h7-11,14H,12H2,1-6H3/t14-/m0/s1. The summed E-state index contributed by atoms with van der Waals surface area (Å²) < 4.78 is 17.0. The Morgan fingerprint density at radius 1 is 1.19 bits per heavy atom. The number of methoxy groups -OCH3 is 2. The Bertz CT molecular complexity index is 903. The summed E-state index contributed by atoms with van der Waals surface area (Å²) in [4.78, 5) is 8.38. The second-order valence-corrected chi connectivity index (χ2v) is 7.58. The van der Waals surface area contributed by atoms with E-state index in [1.807, 2.05) is 26.0 Å². The molecule has 0 saturated heterocycles. The van der Waals surface area contributed by atoms with Gasteiger partial charge in [-0.3, -0.25) is 4.90 Å². The molecular formula is C21H26N2O3S. The smallest absolute Gasteiger partial charge is 0.230 e. The Morgan fingerprint density at radius 2 is 1.96 bits per heavy atom. The summed E-state index contributed by atoms with van der Waals surface area (Å²) in [5.74, 6) is 2.90. The maximum atomic E-state index is 5.99. The number of aromatic nitrogens is 1. The van der Waals surface area contributed by atoms with E-state index in [1.165, 1.54) is 4.88 Å². The van der Waals surface area contributed by atoms with Gasteiger partial charge in [-0.15, -0.1) is 11.3 Å². The number of benzene rings is 1. The zero-order valence-corrected chi connectivity index (χ0v) is 17.5. The largest absolute Gasteiger partial charge is 0.496 e. The molecule has 0 N–H and O–H groups in total. The summed E-state index contributed by atoms with van der Waals surface area (Å²) in [7, 11) is 5.41. The van der Waals surface area contributed by atoms with E-state index in [4.69, 9.17) is 18.9 Å². The van der Waals surface area contributed by atoms with Crippen molar-refractivity contribution in [3.63, 3.8) is 0 Å². The molecule has 3 aromatic rings. The van der Waals surface area contributed by atoms with Gasteiger partial charge in [0.1, 0.15) is 17.3 Å². The van der Waals surface area contributed by atoms with Gasteiger partial charge in [0.15, 0.2) is 0 Å². The summed E-state index contributed by atoms with van der Waals surface area (Å²) in [6.07, 6.45) is 0. The molecule has 1 aromatic carbocycles. The molecule has 0 amide bonds. The van der Waals surface area contributed by atoms with Crippen LogP contribution in [0.1, 0.15) is 34.9 Å². The van der Waals surface area contributed by atoms with E-state index in [0.29, 0.717) is 18.5 Å². The molecule has 0 bridgehead atoms. The molecule has 1 atom stereocenters. The lowest BCUT2D eigenvalue weighted by molar-refractivity contribution is 0.252. The van der Waals surface area contributed by atoms with Crippen LogP contribution >= 0.6 is 11.3 Å². The molecule has 0 spiro atoms. The average Bonchev–Trinajstić information content (AvgIpc) is 3.31. The number of thiophene rings is 1. The van der Waals surface area contributed by atoms with Crippen molar-refractivity contribution in [1.82, 2.24) is 9.88 Å². The normalized spacial score (nSPS) is 12.4. The maximum absolute atomic E-state index is 5.99. The van der Waals surface area contributed by atoms with Crippen molar-refractivity contribution >= 4 is 11.3 Å². The summed E-state index contributed by atoms with van der Waals surface area (Å²) in [6, 6.07) is 8.41. The Balaban J connectivity index is 1.88. The van der Waals surface area contributed by atoms with Gasteiger partial charge in [-0.1, -0.05) is 6.07 Å². The monoisotopic (exact) mass is 386 g/mol. The van der Waals surface area contributed by atoms with Crippen LogP contribution in [0.5, 0.6) is 11.5 Å². The van der Waals surface area contributed by atoms with Crippen LogP contribution in [0.25, 0.3) is 11.5 Å². The van der Waals surface area contributed by atoms with Gasteiger partial charge < -0.3 is 13.9 Å². The van der Waals surface area contributed by atoms with Crippen molar-refractivity contribution in [1.29, 1.82) is 0 Å². The summed E-state index contributed by atoms with van der Waals surface area (Å²) in [5, 5.41) is 2.11. The molecule has 2 aromatic heterocycles. The third-order valence-electron chi connectivity index (χ3n) is 4.92. The predicted octanol–water partition coefficient (Wildman–Crippen LogP) is 5.23. The van der Waals surface area contributed by atoms with E-state index >= 15 is 0 Å².